The molecule has 144 valence electrons. The Morgan fingerprint density at radius 2 is 2.00 bits per heavy atom. The first-order chi connectivity index (χ1) is 13.7. The molecule has 0 atom stereocenters. The quantitative estimate of drug-likeness (QED) is 0.817. The van der Waals surface area contributed by atoms with Gasteiger partial charge in [0, 0.05) is 63.2 Å². The van der Waals surface area contributed by atoms with E-state index in [2.05, 4.69) is 64.1 Å². The number of allylic oxidation sites excluding steroid dienone is 3. The molecule has 2 aliphatic rings. The summed E-state index contributed by atoms with van der Waals surface area (Å²) in [5.41, 5.74) is 6.75. The molecular weight excluding hydrogens is 346 g/mol. The number of hydrogen-bond acceptors (Lipinski definition) is 5. The molecule has 0 bridgehead atoms. The Labute approximate surface area is 167 Å². The van der Waals surface area contributed by atoms with Gasteiger partial charge in [0.2, 0.25) is 0 Å². The summed E-state index contributed by atoms with van der Waals surface area (Å²) in [6, 6.07) is 8.58. The van der Waals surface area contributed by atoms with Crippen LogP contribution in [-0.4, -0.2) is 55.1 Å². The number of nitrogens with one attached hydrogen (secondary N) is 1. The second-order valence-corrected chi connectivity index (χ2v) is 7.30. The molecule has 3 heterocycles. The Bertz CT molecular complexity index is 936. The van der Waals surface area contributed by atoms with Crippen molar-refractivity contribution in [3.63, 3.8) is 0 Å². The fraction of sp³-hybridized carbons (Fsp3) is 0.304. The molecule has 0 radical (unpaired) electrons. The van der Waals surface area contributed by atoms with E-state index in [0.717, 1.165) is 55.4 Å². The van der Waals surface area contributed by atoms with E-state index in [1.54, 1.807) is 0 Å². The molecule has 1 saturated heterocycles. The molecular formula is C23H27N5. The highest BCUT2D eigenvalue weighted by Crippen LogP contribution is 2.33. The van der Waals surface area contributed by atoms with Crippen LogP contribution in [0.5, 0.6) is 0 Å². The summed E-state index contributed by atoms with van der Waals surface area (Å²) in [7, 11) is 4.06. The Balaban J connectivity index is 1.60. The van der Waals surface area contributed by atoms with Crippen LogP contribution in [0.2, 0.25) is 0 Å². The zero-order valence-corrected chi connectivity index (χ0v) is 16.7. The highest BCUT2D eigenvalue weighted by Gasteiger charge is 2.20. The van der Waals surface area contributed by atoms with Crippen LogP contribution < -0.4 is 10.2 Å². The van der Waals surface area contributed by atoms with Crippen molar-refractivity contribution in [3.05, 3.63) is 77.9 Å². The fourth-order valence-corrected chi connectivity index (χ4v) is 3.83. The summed E-state index contributed by atoms with van der Waals surface area (Å²) in [6.45, 7) is 8.10. The van der Waals surface area contributed by atoms with Gasteiger partial charge in [0.05, 0.1) is 11.4 Å². The zero-order chi connectivity index (χ0) is 19.5. The van der Waals surface area contributed by atoms with Gasteiger partial charge in [-0.3, -0.25) is 4.98 Å². The SMILES string of the molecule is C=C/C(=C\NC)c1ccc2c(n1)CC=C2c1ccnc(N2CCN(C)CC2)c1. The molecule has 1 aliphatic heterocycles. The molecule has 4 rings (SSSR count). The van der Waals surface area contributed by atoms with E-state index in [0.29, 0.717) is 0 Å². The van der Waals surface area contributed by atoms with E-state index >= 15 is 0 Å². The number of piperazine rings is 1. The van der Waals surface area contributed by atoms with E-state index in [1.807, 2.05) is 25.5 Å². The Morgan fingerprint density at radius 1 is 1.18 bits per heavy atom. The second kappa shape index (κ2) is 7.98. The van der Waals surface area contributed by atoms with Gasteiger partial charge < -0.3 is 15.1 Å². The average Bonchev–Trinajstić information content (AvgIpc) is 3.16. The topological polar surface area (TPSA) is 44.3 Å². The number of hydrogen-bond donors (Lipinski definition) is 1. The van der Waals surface area contributed by atoms with Crippen LogP contribution >= 0.6 is 0 Å². The molecule has 0 saturated carbocycles. The number of anilines is 1. The molecule has 0 unspecified atom stereocenters. The van der Waals surface area contributed by atoms with Crippen LogP contribution in [-0.2, 0) is 6.42 Å². The van der Waals surface area contributed by atoms with E-state index in [-0.39, 0.29) is 0 Å². The first-order valence-electron chi connectivity index (χ1n) is 9.80. The van der Waals surface area contributed by atoms with Crippen LogP contribution in [0, 0.1) is 0 Å². The standard InChI is InChI=1S/C23H27N5/c1-4-17(16-24-2)21-7-6-20-19(5-8-22(20)26-21)18-9-10-25-23(15-18)28-13-11-27(3)12-14-28/h4-7,9-10,15-16,24H,1,8,11-14H2,2-3H3/b17-16+. The minimum atomic E-state index is 0.856. The van der Waals surface area contributed by atoms with Gasteiger partial charge in [0.1, 0.15) is 5.82 Å². The summed E-state index contributed by atoms with van der Waals surface area (Å²) < 4.78 is 0. The lowest BCUT2D eigenvalue weighted by molar-refractivity contribution is 0.312. The number of nitrogens with zero attached hydrogens (tertiary/aromatic N) is 4. The fourth-order valence-electron chi connectivity index (χ4n) is 3.83. The lowest BCUT2D eigenvalue weighted by Gasteiger charge is -2.33. The predicted octanol–water partition coefficient (Wildman–Crippen LogP) is 2.96. The molecule has 5 nitrogen and oxygen atoms in total. The number of likely N-dealkylation sites (N-methyl/N-ethyl adjacent to an activating group) is 1. The summed E-state index contributed by atoms with van der Waals surface area (Å²) in [5.74, 6) is 1.07. The van der Waals surface area contributed by atoms with Gasteiger partial charge in [0.15, 0.2) is 0 Å². The molecule has 0 aromatic carbocycles. The number of fused-ring (bicyclic) bond motifs is 1. The Kier molecular flexibility index (Phi) is 5.26. The van der Waals surface area contributed by atoms with Crippen molar-refractivity contribution in [3.8, 4) is 0 Å². The number of rotatable bonds is 5. The van der Waals surface area contributed by atoms with E-state index in [9.17, 15) is 0 Å². The monoisotopic (exact) mass is 373 g/mol. The lowest BCUT2D eigenvalue weighted by Crippen LogP contribution is -2.44. The molecule has 0 amide bonds. The van der Waals surface area contributed by atoms with E-state index in [1.165, 1.54) is 16.7 Å². The second-order valence-electron chi connectivity index (χ2n) is 7.30. The summed E-state index contributed by atoms with van der Waals surface area (Å²) in [6.07, 6.45) is 8.82. The van der Waals surface area contributed by atoms with Crippen molar-refractivity contribution < 1.29 is 0 Å². The summed E-state index contributed by atoms with van der Waals surface area (Å²) >= 11 is 0. The highest BCUT2D eigenvalue weighted by molar-refractivity contribution is 5.85. The number of aromatic nitrogens is 2. The average molecular weight is 374 g/mol. The third-order valence-electron chi connectivity index (χ3n) is 5.46. The minimum Gasteiger partial charge on any atom is -0.393 e. The third kappa shape index (κ3) is 3.58. The molecule has 1 aliphatic carbocycles. The van der Waals surface area contributed by atoms with Crippen molar-refractivity contribution >= 4 is 17.0 Å². The largest absolute Gasteiger partial charge is 0.393 e. The molecule has 2 aromatic heterocycles. The van der Waals surface area contributed by atoms with E-state index in [4.69, 9.17) is 4.98 Å². The first-order valence-corrected chi connectivity index (χ1v) is 9.80. The van der Waals surface area contributed by atoms with Crippen LogP contribution in [0.3, 0.4) is 0 Å². The normalized spacial score (nSPS) is 17.3. The van der Waals surface area contributed by atoms with Crippen molar-refractivity contribution in [2.75, 3.05) is 45.2 Å². The van der Waals surface area contributed by atoms with Gasteiger partial charge in [0.25, 0.3) is 0 Å². The highest BCUT2D eigenvalue weighted by atomic mass is 15.3. The van der Waals surface area contributed by atoms with Gasteiger partial charge in [-0.15, -0.1) is 0 Å². The van der Waals surface area contributed by atoms with Crippen molar-refractivity contribution in [2.45, 2.75) is 6.42 Å². The smallest absolute Gasteiger partial charge is 0.129 e. The molecule has 1 N–H and O–H groups in total. The van der Waals surface area contributed by atoms with Crippen LogP contribution in [0.4, 0.5) is 5.82 Å². The first kappa shape index (κ1) is 18.4. The van der Waals surface area contributed by atoms with Crippen LogP contribution in [0.15, 0.2) is 55.4 Å². The van der Waals surface area contributed by atoms with Gasteiger partial charge >= 0.3 is 0 Å². The lowest BCUT2D eigenvalue weighted by atomic mass is 10.0. The molecule has 2 aromatic rings. The predicted molar refractivity (Wildman–Crippen MR) is 116 cm³/mol. The van der Waals surface area contributed by atoms with Crippen molar-refractivity contribution in [2.24, 2.45) is 0 Å². The van der Waals surface area contributed by atoms with Crippen molar-refractivity contribution in [1.29, 1.82) is 0 Å². The molecule has 28 heavy (non-hydrogen) atoms. The van der Waals surface area contributed by atoms with Gasteiger partial charge in [-0.1, -0.05) is 24.8 Å². The van der Waals surface area contributed by atoms with Crippen molar-refractivity contribution in [1.82, 2.24) is 20.2 Å². The van der Waals surface area contributed by atoms with Crippen LogP contribution in [0.1, 0.15) is 22.5 Å². The molecule has 1 fully saturated rings. The Morgan fingerprint density at radius 3 is 2.75 bits per heavy atom. The summed E-state index contributed by atoms with van der Waals surface area (Å²) in [5, 5.41) is 3.06. The number of pyridine rings is 2. The van der Waals surface area contributed by atoms with Gasteiger partial charge in [-0.25, -0.2) is 4.98 Å². The van der Waals surface area contributed by atoms with Crippen LogP contribution in [0.25, 0.3) is 11.1 Å². The van der Waals surface area contributed by atoms with Gasteiger partial charge in [-0.05, 0) is 36.4 Å². The van der Waals surface area contributed by atoms with Gasteiger partial charge in [-0.2, -0.15) is 0 Å². The maximum Gasteiger partial charge on any atom is 0.129 e. The van der Waals surface area contributed by atoms with E-state index < -0.39 is 0 Å². The third-order valence-corrected chi connectivity index (χ3v) is 5.46. The maximum atomic E-state index is 4.88. The Hall–Kier alpha value is -2.92. The molecule has 5 heteroatoms. The maximum absolute atomic E-state index is 4.88. The minimum absolute atomic E-state index is 0.856. The summed E-state index contributed by atoms with van der Waals surface area (Å²) in [4.78, 5) is 14.2. The molecule has 0 spiro atoms. The zero-order valence-electron chi connectivity index (χ0n) is 16.7.